The predicted molar refractivity (Wildman–Crippen MR) is 94.6 cm³/mol. The van der Waals surface area contributed by atoms with Gasteiger partial charge in [0.25, 0.3) is 0 Å². The average Bonchev–Trinajstić information content (AvgIpc) is 2.42. The van der Waals surface area contributed by atoms with Crippen LogP contribution in [0.4, 0.5) is 11.4 Å². The molecular formula is C18H21BrN2O. The molecule has 0 saturated carbocycles. The van der Waals surface area contributed by atoms with Gasteiger partial charge in [-0.3, -0.25) is 0 Å². The first-order chi connectivity index (χ1) is 10.2. The van der Waals surface area contributed by atoms with Crippen LogP contribution in [-0.2, 0) is 5.41 Å². The fraction of sp³-hybridized carbons (Fsp3) is 0.333. The fourth-order valence-electron chi connectivity index (χ4n) is 2.03. The van der Waals surface area contributed by atoms with Crippen LogP contribution < -0.4 is 0 Å². The zero-order valence-corrected chi connectivity index (χ0v) is 15.2. The Bertz CT molecular complexity index is 731. The Kier molecular flexibility index (Phi) is 4.71. The largest absolute Gasteiger partial charge is 0.505 e. The summed E-state index contributed by atoms with van der Waals surface area (Å²) >= 11 is 3.39. The van der Waals surface area contributed by atoms with Crippen molar-refractivity contribution >= 4 is 27.3 Å². The molecule has 0 fully saturated rings. The summed E-state index contributed by atoms with van der Waals surface area (Å²) in [5.41, 5.74) is 4.54. The van der Waals surface area contributed by atoms with E-state index < -0.39 is 0 Å². The highest BCUT2D eigenvalue weighted by Crippen LogP contribution is 2.39. The Balaban J connectivity index is 2.46. The summed E-state index contributed by atoms with van der Waals surface area (Å²) < 4.78 is 0.634. The number of aromatic hydroxyl groups is 1. The number of phenols is 1. The van der Waals surface area contributed by atoms with Crippen molar-refractivity contribution in [2.45, 2.75) is 40.0 Å². The van der Waals surface area contributed by atoms with E-state index in [1.807, 2.05) is 44.2 Å². The second-order valence-electron chi connectivity index (χ2n) is 6.57. The highest BCUT2D eigenvalue weighted by Gasteiger charge is 2.18. The number of benzene rings is 2. The Morgan fingerprint density at radius 3 is 2.23 bits per heavy atom. The molecule has 0 spiro atoms. The highest BCUT2D eigenvalue weighted by atomic mass is 79.9. The van der Waals surface area contributed by atoms with Gasteiger partial charge in [0.2, 0.25) is 0 Å². The second-order valence-corrected chi connectivity index (χ2v) is 7.42. The van der Waals surface area contributed by atoms with Gasteiger partial charge in [-0.15, -0.1) is 5.11 Å². The molecule has 0 bridgehead atoms. The summed E-state index contributed by atoms with van der Waals surface area (Å²) in [6.07, 6.45) is 0. The smallest absolute Gasteiger partial charge is 0.157 e. The topological polar surface area (TPSA) is 45.0 Å². The molecule has 0 aliphatic carbocycles. The Labute approximate surface area is 140 Å². The summed E-state index contributed by atoms with van der Waals surface area (Å²) in [5.74, 6) is 0.113. The first kappa shape index (κ1) is 16.7. The van der Waals surface area contributed by atoms with E-state index in [1.165, 1.54) is 0 Å². The molecule has 0 heterocycles. The van der Waals surface area contributed by atoms with Gasteiger partial charge >= 0.3 is 0 Å². The van der Waals surface area contributed by atoms with Gasteiger partial charge in [-0.2, -0.15) is 5.11 Å². The molecule has 2 rings (SSSR count). The molecule has 0 unspecified atom stereocenters. The summed E-state index contributed by atoms with van der Waals surface area (Å²) in [6.45, 7) is 10.4. The Hall–Kier alpha value is -1.68. The van der Waals surface area contributed by atoms with Crippen molar-refractivity contribution in [2.24, 2.45) is 10.2 Å². The molecule has 3 nitrogen and oxygen atoms in total. The van der Waals surface area contributed by atoms with Gasteiger partial charge in [0.1, 0.15) is 5.69 Å². The van der Waals surface area contributed by atoms with Crippen LogP contribution >= 0.6 is 15.9 Å². The molecule has 0 aromatic heterocycles. The second kappa shape index (κ2) is 6.21. The predicted octanol–water partition coefficient (Wildman–Crippen LogP) is 6.48. The van der Waals surface area contributed by atoms with E-state index in [9.17, 15) is 5.11 Å². The molecule has 0 aliphatic heterocycles. The van der Waals surface area contributed by atoms with Gasteiger partial charge in [0.05, 0.1) is 10.2 Å². The van der Waals surface area contributed by atoms with Crippen LogP contribution in [0.15, 0.2) is 45.0 Å². The van der Waals surface area contributed by atoms with Crippen molar-refractivity contribution in [1.29, 1.82) is 0 Å². The Morgan fingerprint density at radius 2 is 1.59 bits per heavy atom. The van der Waals surface area contributed by atoms with E-state index in [-0.39, 0.29) is 11.2 Å². The van der Waals surface area contributed by atoms with Crippen molar-refractivity contribution < 1.29 is 5.11 Å². The molecular weight excluding hydrogens is 340 g/mol. The summed E-state index contributed by atoms with van der Waals surface area (Å²) in [6, 6.07) is 9.85. The van der Waals surface area contributed by atoms with Crippen molar-refractivity contribution in [3.05, 3.63) is 51.5 Å². The normalized spacial score (nSPS) is 12.1. The summed E-state index contributed by atoms with van der Waals surface area (Å²) in [7, 11) is 0. The zero-order valence-electron chi connectivity index (χ0n) is 13.6. The number of rotatable bonds is 2. The van der Waals surface area contributed by atoms with Gasteiger partial charge in [0.15, 0.2) is 5.75 Å². The van der Waals surface area contributed by atoms with Crippen molar-refractivity contribution in [2.75, 3.05) is 0 Å². The maximum absolute atomic E-state index is 10.2. The molecule has 1 N–H and O–H groups in total. The number of aryl methyl sites for hydroxylation is 2. The van der Waals surface area contributed by atoms with E-state index in [4.69, 9.17) is 0 Å². The minimum Gasteiger partial charge on any atom is -0.505 e. The molecule has 2 aromatic carbocycles. The van der Waals surface area contributed by atoms with Gasteiger partial charge in [-0.1, -0.05) is 32.9 Å². The van der Waals surface area contributed by atoms with Gasteiger partial charge in [0, 0.05) is 0 Å². The summed E-state index contributed by atoms with van der Waals surface area (Å²) in [4.78, 5) is 0. The van der Waals surface area contributed by atoms with Crippen molar-refractivity contribution in [3.63, 3.8) is 0 Å². The average molecular weight is 361 g/mol. The Morgan fingerprint density at radius 1 is 0.955 bits per heavy atom. The molecule has 116 valence electrons. The summed E-state index contributed by atoms with van der Waals surface area (Å²) in [5, 5.41) is 18.8. The highest BCUT2D eigenvalue weighted by molar-refractivity contribution is 9.10. The van der Waals surface area contributed by atoms with Crippen LogP contribution in [0, 0.1) is 13.8 Å². The molecule has 0 radical (unpaired) electrons. The minimum atomic E-state index is -0.0280. The quantitative estimate of drug-likeness (QED) is 0.611. The number of phenolic OH excluding ortho intramolecular Hbond substituents is 1. The van der Waals surface area contributed by atoms with Gasteiger partial charge in [-0.25, -0.2) is 0 Å². The number of halogens is 1. The minimum absolute atomic E-state index is 0.0280. The van der Waals surface area contributed by atoms with Crippen molar-refractivity contribution in [3.8, 4) is 5.75 Å². The third kappa shape index (κ3) is 3.74. The molecule has 22 heavy (non-hydrogen) atoms. The lowest BCUT2D eigenvalue weighted by molar-refractivity contribution is 0.471. The maximum Gasteiger partial charge on any atom is 0.157 e. The first-order valence-corrected chi connectivity index (χ1v) is 8.00. The van der Waals surface area contributed by atoms with E-state index in [0.29, 0.717) is 10.2 Å². The third-order valence-electron chi connectivity index (χ3n) is 3.54. The van der Waals surface area contributed by atoms with Crippen LogP contribution in [0.25, 0.3) is 0 Å². The standard InChI is InChI=1S/C18H21BrN2O/c1-11-6-7-12(2)15(8-11)20-21-16-10-13(18(3,4)5)9-14(19)17(16)22/h6-10,22H,1-5H3. The third-order valence-corrected chi connectivity index (χ3v) is 4.14. The molecule has 4 heteroatoms. The number of hydrogen-bond donors (Lipinski definition) is 1. The van der Waals surface area contributed by atoms with E-state index in [1.54, 1.807) is 0 Å². The zero-order chi connectivity index (χ0) is 16.5. The van der Waals surface area contributed by atoms with Crippen LogP contribution in [0.1, 0.15) is 37.5 Å². The first-order valence-electron chi connectivity index (χ1n) is 7.20. The molecule has 0 saturated heterocycles. The van der Waals surface area contributed by atoms with Crippen LogP contribution in [0.3, 0.4) is 0 Å². The SMILES string of the molecule is Cc1ccc(C)c(N=Nc2cc(C(C)(C)C)cc(Br)c2O)c1. The molecule has 0 amide bonds. The van der Waals surface area contributed by atoms with Crippen molar-refractivity contribution in [1.82, 2.24) is 0 Å². The van der Waals surface area contributed by atoms with Gasteiger partial charge < -0.3 is 5.11 Å². The van der Waals surface area contributed by atoms with E-state index in [0.717, 1.165) is 22.4 Å². The lowest BCUT2D eigenvalue weighted by Crippen LogP contribution is -2.10. The van der Waals surface area contributed by atoms with Crippen LogP contribution in [0.5, 0.6) is 5.75 Å². The molecule has 0 aliphatic rings. The number of hydrogen-bond acceptors (Lipinski definition) is 3. The van der Waals surface area contributed by atoms with Crippen LogP contribution in [-0.4, -0.2) is 5.11 Å². The maximum atomic E-state index is 10.2. The number of nitrogens with zero attached hydrogens (tertiary/aromatic N) is 2. The fourth-order valence-corrected chi connectivity index (χ4v) is 2.48. The molecule has 2 aromatic rings. The lowest BCUT2D eigenvalue weighted by Gasteiger charge is -2.20. The van der Waals surface area contributed by atoms with Crippen LogP contribution in [0.2, 0.25) is 0 Å². The lowest BCUT2D eigenvalue weighted by atomic mass is 9.87. The van der Waals surface area contributed by atoms with Gasteiger partial charge in [-0.05, 0) is 70.1 Å². The molecule has 0 atom stereocenters. The van der Waals surface area contributed by atoms with E-state index in [2.05, 4.69) is 46.9 Å². The monoisotopic (exact) mass is 360 g/mol. The number of azo groups is 1. The van der Waals surface area contributed by atoms with E-state index >= 15 is 0 Å².